The van der Waals surface area contributed by atoms with Crippen molar-refractivity contribution < 1.29 is 14.3 Å². The number of carbonyl (C=O) groups is 1. The number of methoxy groups -OCH3 is 1. The molecule has 1 amide bonds. The number of rotatable bonds is 8. The zero-order chi connectivity index (χ0) is 21.6. The Hall–Kier alpha value is -2.23. The molecule has 2 aromatic heterocycles. The van der Waals surface area contributed by atoms with Crippen molar-refractivity contribution in [3.8, 4) is 11.4 Å². The zero-order valence-electron chi connectivity index (χ0n) is 17.9. The van der Waals surface area contributed by atoms with Crippen LogP contribution in [0.4, 0.5) is 0 Å². The molecular weight excluding hydrogens is 453 g/mol. The van der Waals surface area contributed by atoms with Gasteiger partial charge >= 0.3 is 0 Å². The summed E-state index contributed by atoms with van der Waals surface area (Å²) < 4.78 is 10.4. The summed E-state index contributed by atoms with van der Waals surface area (Å²) in [5.41, 5.74) is 3.48. The van der Waals surface area contributed by atoms with Crippen LogP contribution < -0.4 is 5.32 Å². The average Bonchev–Trinajstić information content (AvgIpc) is 3.22. The lowest BCUT2D eigenvalue weighted by molar-refractivity contribution is 0.0342. The first-order chi connectivity index (χ1) is 15.2. The Morgan fingerprint density at radius 3 is 2.75 bits per heavy atom. The van der Waals surface area contributed by atoms with Gasteiger partial charge in [-0.2, -0.15) is 0 Å². The van der Waals surface area contributed by atoms with Gasteiger partial charge in [-0.25, -0.2) is 9.97 Å². The highest BCUT2D eigenvalue weighted by Crippen LogP contribution is 2.26. The van der Waals surface area contributed by atoms with Gasteiger partial charge in [-0.05, 0) is 12.0 Å². The van der Waals surface area contributed by atoms with Gasteiger partial charge in [0.15, 0.2) is 5.65 Å². The van der Waals surface area contributed by atoms with Crippen LogP contribution in [0.3, 0.4) is 0 Å². The number of imidazole rings is 1. The Labute approximate surface area is 198 Å². The van der Waals surface area contributed by atoms with Crippen LogP contribution in [0.15, 0.2) is 30.5 Å². The predicted molar refractivity (Wildman–Crippen MR) is 127 cm³/mol. The molecule has 0 atom stereocenters. The summed E-state index contributed by atoms with van der Waals surface area (Å²) in [7, 11) is 1.63. The van der Waals surface area contributed by atoms with E-state index >= 15 is 0 Å². The molecule has 0 aliphatic carbocycles. The number of nitrogens with one attached hydrogen (secondary N) is 2. The van der Waals surface area contributed by atoms with Gasteiger partial charge in [-0.15, -0.1) is 12.4 Å². The molecule has 10 heteroatoms. The number of amides is 1. The van der Waals surface area contributed by atoms with Crippen molar-refractivity contribution in [1.29, 1.82) is 0 Å². The van der Waals surface area contributed by atoms with Crippen LogP contribution in [0.1, 0.15) is 22.3 Å². The number of benzene rings is 1. The van der Waals surface area contributed by atoms with E-state index in [1.807, 2.05) is 12.1 Å². The van der Waals surface area contributed by atoms with Crippen molar-refractivity contribution >= 4 is 41.1 Å². The molecule has 0 unspecified atom stereocenters. The summed E-state index contributed by atoms with van der Waals surface area (Å²) in [6.45, 7) is 5.45. The van der Waals surface area contributed by atoms with E-state index in [2.05, 4.69) is 37.3 Å². The molecule has 3 aromatic rings. The maximum absolute atomic E-state index is 12.7. The zero-order valence-corrected chi connectivity index (χ0v) is 19.5. The smallest absolute Gasteiger partial charge is 0.255 e. The highest BCUT2D eigenvalue weighted by atomic mass is 35.5. The van der Waals surface area contributed by atoms with Gasteiger partial charge in [0.2, 0.25) is 0 Å². The quantitative estimate of drug-likeness (QED) is 0.481. The summed E-state index contributed by atoms with van der Waals surface area (Å²) in [6, 6.07) is 8.25. The van der Waals surface area contributed by atoms with Gasteiger partial charge in [-0.3, -0.25) is 9.69 Å². The Kier molecular flexibility index (Phi) is 8.84. The molecule has 4 rings (SSSR count). The molecule has 0 spiro atoms. The Bertz CT molecular complexity index is 1040. The number of aromatic nitrogens is 3. The first-order valence-electron chi connectivity index (χ1n) is 10.4. The number of pyridine rings is 1. The number of halogens is 2. The lowest BCUT2D eigenvalue weighted by Gasteiger charge is -2.26. The molecule has 2 N–H and O–H groups in total. The fraction of sp³-hybridized carbons (Fsp3) is 0.409. The molecule has 1 fully saturated rings. The highest BCUT2D eigenvalue weighted by molar-refractivity contribution is 6.35. The summed E-state index contributed by atoms with van der Waals surface area (Å²) >= 11 is 6.29. The minimum Gasteiger partial charge on any atom is -0.385 e. The SMILES string of the molecule is COCCCNC(=O)c1c(Cl)cnc2[nH]c(-c3ccc(CN4CCOCC4)cc3)nc12.Cl. The number of fused-ring (bicyclic) bond motifs is 1. The molecule has 172 valence electrons. The van der Waals surface area contributed by atoms with E-state index < -0.39 is 0 Å². The molecule has 8 nitrogen and oxygen atoms in total. The Morgan fingerprint density at radius 1 is 1.28 bits per heavy atom. The normalized spacial score (nSPS) is 14.3. The molecule has 1 saturated heterocycles. The molecule has 1 aliphatic rings. The maximum atomic E-state index is 12.7. The first kappa shape index (κ1) is 24.4. The van der Waals surface area contributed by atoms with E-state index in [-0.39, 0.29) is 23.3 Å². The molecule has 0 radical (unpaired) electrons. The lowest BCUT2D eigenvalue weighted by atomic mass is 10.1. The van der Waals surface area contributed by atoms with Crippen molar-refractivity contribution in [2.45, 2.75) is 13.0 Å². The van der Waals surface area contributed by atoms with Crippen LogP contribution in [0.2, 0.25) is 5.02 Å². The number of hydrogen-bond acceptors (Lipinski definition) is 6. The number of hydrogen-bond donors (Lipinski definition) is 2. The third kappa shape index (κ3) is 5.76. The second-order valence-corrected chi connectivity index (χ2v) is 7.86. The molecule has 0 saturated carbocycles. The lowest BCUT2D eigenvalue weighted by Crippen LogP contribution is -2.35. The van der Waals surface area contributed by atoms with Gasteiger partial charge in [0.05, 0.1) is 23.8 Å². The monoisotopic (exact) mass is 479 g/mol. The van der Waals surface area contributed by atoms with Crippen LogP contribution >= 0.6 is 24.0 Å². The van der Waals surface area contributed by atoms with Crippen molar-refractivity contribution in [3.05, 3.63) is 46.6 Å². The Morgan fingerprint density at radius 2 is 2.03 bits per heavy atom. The van der Waals surface area contributed by atoms with Crippen LogP contribution in [-0.2, 0) is 16.0 Å². The van der Waals surface area contributed by atoms with Crippen molar-refractivity contribution in [2.75, 3.05) is 46.6 Å². The van der Waals surface area contributed by atoms with Crippen molar-refractivity contribution in [1.82, 2.24) is 25.2 Å². The molecular formula is C22H27Cl2N5O3. The highest BCUT2D eigenvalue weighted by Gasteiger charge is 2.19. The molecule has 1 aromatic carbocycles. The van der Waals surface area contributed by atoms with E-state index in [0.717, 1.165) is 44.8 Å². The number of aromatic amines is 1. The first-order valence-corrected chi connectivity index (χ1v) is 10.7. The van der Waals surface area contributed by atoms with Crippen molar-refractivity contribution in [3.63, 3.8) is 0 Å². The van der Waals surface area contributed by atoms with E-state index in [0.29, 0.717) is 35.7 Å². The van der Waals surface area contributed by atoms with Crippen LogP contribution in [0.5, 0.6) is 0 Å². The number of nitrogens with zero attached hydrogens (tertiary/aromatic N) is 3. The number of carbonyl (C=O) groups excluding carboxylic acids is 1. The van der Waals surface area contributed by atoms with Gasteiger partial charge in [-0.1, -0.05) is 35.9 Å². The van der Waals surface area contributed by atoms with E-state index in [4.69, 9.17) is 21.1 Å². The number of H-pyrrole nitrogens is 1. The predicted octanol–water partition coefficient (Wildman–Crippen LogP) is 3.30. The van der Waals surface area contributed by atoms with Gasteiger partial charge in [0.25, 0.3) is 5.91 Å². The van der Waals surface area contributed by atoms with Crippen LogP contribution in [0, 0.1) is 0 Å². The maximum Gasteiger partial charge on any atom is 0.255 e. The average molecular weight is 480 g/mol. The minimum absolute atomic E-state index is 0. The minimum atomic E-state index is -0.271. The van der Waals surface area contributed by atoms with Gasteiger partial charge < -0.3 is 19.8 Å². The molecule has 3 heterocycles. The molecule has 1 aliphatic heterocycles. The second kappa shape index (κ2) is 11.6. The second-order valence-electron chi connectivity index (χ2n) is 7.45. The van der Waals surface area contributed by atoms with E-state index in [1.54, 1.807) is 7.11 Å². The van der Waals surface area contributed by atoms with Crippen LogP contribution in [0.25, 0.3) is 22.6 Å². The van der Waals surface area contributed by atoms with Crippen LogP contribution in [-0.4, -0.2) is 72.3 Å². The fourth-order valence-electron chi connectivity index (χ4n) is 3.58. The summed E-state index contributed by atoms with van der Waals surface area (Å²) in [6.07, 6.45) is 2.19. The fourth-order valence-corrected chi connectivity index (χ4v) is 3.80. The standard InChI is InChI=1S/C22H26ClN5O3.ClH/c1-30-10-2-7-24-22(29)18-17(23)13-25-21-19(18)26-20(27-21)16-5-3-15(4-6-16)14-28-8-11-31-12-9-28;/h3-6,13H,2,7-12,14H2,1H3,(H,24,29)(H,25,26,27);1H. The third-order valence-electron chi connectivity index (χ3n) is 5.24. The summed E-state index contributed by atoms with van der Waals surface area (Å²) in [5.74, 6) is 0.378. The molecule has 0 bridgehead atoms. The summed E-state index contributed by atoms with van der Waals surface area (Å²) in [5, 5.41) is 3.14. The number of ether oxygens (including phenoxy) is 2. The van der Waals surface area contributed by atoms with E-state index in [1.165, 1.54) is 11.8 Å². The number of morpholine rings is 1. The van der Waals surface area contributed by atoms with E-state index in [9.17, 15) is 4.79 Å². The summed E-state index contributed by atoms with van der Waals surface area (Å²) in [4.78, 5) is 27.2. The van der Waals surface area contributed by atoms with Gasteiger partial charge in [0, 0.05) is 51.7 Å². The Balaban J connectivity index is 0.00000289. The van der Waals surface area contributed by atoms with Crippen molar-refractivity contribution in [2.24, 2.45) is 0 Å². The third-order valence-corrected chi connectivity index (χ3v) is 5.53. The topological polar surface area (TPSA) is 92.4 Å². The molecule has 32 heavy (non-hydrogen) atoms. The largest absolute Gasteiger partial charge is 0.385 e. The van der Waals surface area contributed by atoms with Gasteiger partial charge in [0.1, 0.15) is 11.3 Å².